The number of aromatic nitrogens is 4. The molecule has 3 aromatic rings. The maximum absolute atomic E-state index is 12.7. The number of carbonyl (C=O) groups excluding carboxylic acids is 1. The summed E-state index contributed by atoms with van der Waals surface area (Å²) in [6.45, 7) is 3.13. The fourth-order valence-corrected chi connectivity index (χ4v) is 3.89. The van der Waals surface area contributed by atoms with Gasteiger partial charge in [-0.2, -0.15) is 0 Å². The molecule has 1 aromatic carbocycles. The van der Waals surface area contributed by atoms with Crippen molar-refractivity contribution in [3.05, 3.63) is 56.7 Å². The van der Waals surface area contributed by atoms with Crippen LogP contribution in [0.1, 0.15) is 25.3 Å². The molecule has 0 radical (unpaired) electrons. The first kappa shape index (κ1) is 20.9. The van der Waals surface area contributed by atoms with Crippen molar-refractivity contribution in [1.29, 1.82) is 0 Å². The third-order valence-corrected chi connectivity index (χ3v) is 5.69. The molecule has 29 heavy (non-hydrogen) atoms. The molecule has 154 valence electrons. The largest absolute Gasteiger partial charge is 0.351 e. The smallest absolute Gasteiger partial charge is 0.332 e. The predicted molar refractivity (Wildman–Crippen MR) is 114 cm³/mol. The number of benzene rings is 1. The zero-order chi connectivity index (χ0) is 21.0. The van der Waals surface area contributed by atoms with E-state index in [-0.39, 0.29) is 17.2 Å². The molecule has 0 unspecified atom stereocenters. The number of carbonyl (C=O) groups is 1. The van der Waals surface area contributed by atoms with Gasteiger partial charge in [0.05, 0.1) is 5.75 Å². The molecule has 0 saturated heterocycles. The van der Waals surface area contributed by atoms with Gasteiger partial charge < -0.3 is 9.88 Å². The lowest BCUT2D eigenvalue weighted by molar-refractivity contribution is -0.118. The number of nitrogens with one attached hydrogen (secondary N) is 1. The molecule has 0 aliphatic carbocycles. The van der Waals surface area contributed by atoms with Gasteiger partial charge in [-0.3, -0.25) is 18.7 Å². The number of imidazole rings is 1. The third kappa shape index (κ3) is 4.45. The van der Waals surface area contributed by atoms with Gasteiger partial charge in [0.25, 0.3) is 5.56 Å². The summed E-state index contributed by atoms with van der Waals surface area (Å²) >= 11 is 1.27. The topological polar surface area (TPSA) is 90.9 Å². The van der Waals surface area contributed by atoms with Crippen LogP contribution in [0.2, 0.25) is 0 Å². The van der Waals surface area contributed by atoms with Crippen LogP contribution in [-0.2, 0) is 32.0 Å². The fraction of sp³-hybridized carbons (Fsp3) is 0.400. The van der Waals surface area contributed by atoms with Gasteiger partial charge >= 0.3 is 5.69 Å². The number of hydrogen-bond donors (Lipinski definition) is 1. The summed E-state index contributed by atoms with van der Waals surface area (Å²) in [5.41, 5.74) is 0.989. The molecular weight excluding hydrogens is 390 g/mol. The van der Waals surface area contributed by atoms with Gasteiger partial charge in [-0.15, -0.1) is 0 Å². The molecular formula is C20H25N5O3S. The van der Waals surface area contributed by atoms with E-state index in [1.165, 1.54) is 23.4 Å². The second kappa shape index (κ2) is 9.13. The van der Waals surface area contributed by atoms with E-state index in [2.05, 4.69) is 17.2 Å². The van der Waals surface area contributed by atoms with E-state index in [0.717, 1.165) is 23.0 Å². The summed E-state index contributed by atoms with van der Waals surface area (Å²) in [5.74, 6) is 0.0611. The van der Waals surface area contributed by atoms with Crippen molar-refractivity contribution in [3.63, 3.8) is 0 Å². The van der Waals surface area contributed by atoms with Crippen LogP contribution < -0.4 is 16.6 Å². The average Bonchev–Trinajstić information content (AvgIpc) is 3.11. The van der Waals surface area contributed by atoms with Crippen LogP contribution in [0.25, 0.3) is 11.2 Å². The molecule has 0 fully saturated rings. The zero-order valence-corrected chi connectivity index (χ0v) is 17.7. The average molecular weight is 416 g/mol. The fourth-order valence-electron chi connectivity index (χ4n) is 3.04. The van der Waals surface area contributed by atoms with Crippen LogP contribution in [0, 0.1) is 0 Å². The van der Waals surface area contributed by atoms with Gasteiger partial charge in [-0.05, 0) is 12.0 Å². The van der Waals surface area contributed by atoms with Crippen molar-refractivity contribution in [3.8, 4) is 0 Å². The van der Waals surface area contributed by atoms with E-state index in [1.54, 1.807) is 7.05 Å². The zero-order valence-electron chi connectivity index (χ0n) is 16.8. The Morgan fingerprint density at radius 2 is 1.86 bits per heavy atom. The normalized spacial score (nSPS) is 11.1. The Kier molecular flexibility index (Phi) is 6.58. The molecule has 0 bridgehead atoms. The van der Waals surface area contributed by atoms with Crippen LogP contribution in [0.3, 0.4) is 0 Å². The van der Waals surface area contributed by atoms with Gasteiger partial charge in [0.1, 0.15) is 0 Å². The van der Waals surface area contributed by atoms with Gasteiger partial charge in [-0.25, -0.2) is 9.78 Å². The summed E-state index contributed by atoms with van der Waals surface area (Å²) in [7, 11) is 3.06. The van der Waals surface area contributed by atoms with E-state index < -0.39 is 5.69 Å². The SMILES string of the molecule is CCCCn1c(SCC(=O)NCc2ccccc2)nc2c1c(=O)n(C)c(=O)n2C. The Morgan fingerprint density at radius 3 is 2.55 bits per heavy atom. The highest BCUT2D eigenvalue weighted by molar-refractivity contribution is 7.99. The molecule has 1 N–H and O–H groups in total. The molecule has 0 atom stereocenters. The Morgan fingerprint density at radius 1 is 1.14 bits per heavy atom. The van der Waals surface area contributed by atoms with Crippen LogP contribution in [0.4, 0.5) is 0 Å². The number of aryl methyl sites for hydroxylation is 2. The summed E-state index contributed by atoms with van der Waals surface area (Å²) in [4.78, 5) is 41.7. The first-order valence-corrected chi connectivity index (χ1v) is 10.5. The minimum Gasteiger partial charge on any atom is -0.351 e. The van der Waals surface area contributed by atoms with Crippen LogP contribution in [0.5, 0.6) is 0 Å². The number of thioether (sulfide) groups is 1. The lowest BCUT2D eigenvalue weighted by Crippen LogP contribution is -2.37. The van der Waals surface area contributed by atoms with Gasteiger partial charge in [0.15, 0.2) is 16.3 Å². The lowest BCUT2D eigenvalue weighted by atomic mass is 10.2. The molecule has 0 aliphatic rings. The number of fused-ring (bicyclic) bond motifs is 1. The molecule has 9 heteroatoms. The van der Waals surface area contributed by atoms with Crippen molar-refractivity contribution in [1.82, 2.24) is 24.0 Å². The van der Waals surface area contributed by atoms with Crippen molar-refractivity contribution < 1.29 is 4.79 Å². The quantitative estimate of drug-likeness (QED) is 0.565. The highest BCUT2D eigenvalue weighted by Crippen LogP contribution is 2.22. The van der Waals surface area contributed by atoms with Crippen molar-refractivity contribution in [2.45, 2.75) is 38.0 Å². The molecule has 0 saturated carbocycles. The van der Waals surface area contributed by atoms with E-state index >= 15 is 0 Å². The molecule has 0 spiro atoms. The Bertz CT molecular complexity index is 1130. The second-order valence-electron chi connectivity index (χ2n) is 6.83. The number of hydrogen-bond acceptors (Lipinski definition) is 5. The Balaban J connectivity index is 1.83. The highest BCUT2D eigenvalue weighted by Gasteiger charge is 2.19. The van der Waals surface area contributed by atoms with Gasteiger partial charge in [0.2, 0.25) is 5.91 Å². The van der Waals surface area contributed by atoms with Crippen LogP contribution in [-0.4, -0.2) is 30.3 Å². The Hall–Kier alpha value is -2.81. The maximum atomic E-state index is 12.7. The predicted octanol–water partition coefficient (Wildman–Crippen LogP) is 1.64. The standard InChI is InChI=1S/C20H25N5O3S/c1-4-5-11-25-16-17(23(2)20(28)24(3)18(16)27)22-19(25)29-13-15(26)21-12-14-9-7-6-8-10-14/h6-10H,4-5,11-13H2,1-3H3,(H,21,26). The van der Waals surface area contributed by atoms with Gasteiger partial charge in [0, 0.05) is 27.2 Å². The van der Waals surface area contributed by atoms with Gasteiger partial charge in [-0.1, -0.05) is 55.4 Å². The summed E-state index contributed by atoms with van der Waals surface area (Å²) in [5, 5.41) is 3.46. The first-order valence-electron chi connectivity index (χ1n) is 9.53. The first-order chi connectivity index (χ1) is 13.9. The van der Waals surface area contributed by atoms with Crippen molar-refractivity contribution in [2.75, 3.05) is 5.75 Å². The van der Waals surface area contributed by atoms with Crippen molar-refractivity contribution in [2.24, 2.45) is 14.1 Å². The van der Waals surface area contributed by atoms with E-state index in [0.29, 0.717) is 29.4 Å². The van der Waals surface area contributed by atoms with Crippen LogP contribution >= 0.6 is 11.8 Å². The molecule has 2 aromatic heterocycles. The highest BCUT2D eigenvalue weighted by atomic mass is 32.2. The van der Waals surface area contributed by atoms with E-state index in [4.69, 9.17) is 0 Å². The molecule has 1 amide bonds. The van der Waals surface area contributed by atoms with E-state index in [1.807, 2.05) is 34.9 Å². The molecule has 3 rings (SSSR count). The van der Waals surface area contributed by atoms with Crippen LogP contribution in [0.15, 0.2) is 45.1 Å². The summed E-state index contributed by atoms with van der Waals surface area (Å²) < 4.78 is 4.29. The number of nitrogens with zero attached hydrogens (tertiary/aromatic N) is 4. The molecule has 2 heterocycles. The number of rotatable bonds is 8. The third-order valence-electron chi connectivity index (χ3n) is 4.71. The maximum Gasteiger partial charge on any atom is 0.332 e. The summed E-state index contributed by atoms with van der Waals surface area (Å²) in [6.07, 6.45) is 1.82. The minimum absolute atomic E-state index is 0.116. The molecule has 0 aliphatic heterocycles. The lowest BCUT2D eigenvalue weighted by Gasteiger charge is -2.09. The second-order valence-corrected chi connectivity index (χ2v) is 7.77. The van der Waals surface area contributed by atoms with E-state index in [9.17, 15) is 14.4 Å². The monoisotopic (exact) mass is 415 g/mol. The Labute approximate surface area is 172 Å². The van der Waals surface area contributed by atoms with Crippen molar-refractivity contribution >= 4 is 28.8 Å². The number of amides is 1. The molecule has 8 nitrogen and oxygen atoms in total. The minimum atomic E-state index is -0.417. The number of unbranched alkanes of at least 4 members (excludes halogenated alkanes) is 1. The summed E-state index contributed by atoms with van der Waals surface area (Å²) in [6, 6.07) is 9.69.